The molecule has 1 saturated carbocycles. The van der Waals surface area contributed by atoms with Gasteiger partial charge in [-0.1, -0.05) is 12.8 Å². The van der Waals surface area contributed by atoms with E-state index in [2.05, 4.69) is 19.2 Å². The van der Waals surface area contributed by atoms with Crippen molar-refractivity contribution in [1.82, 2.24) is 5.32 Å². The van der Waals surface area contributed by atoms with Crippen molar-refractivity contribution in [2.45, 2.75) is 64.1 Å². The maximum atomic E-state index is 11.2. The summed E-state index contributed by atoms with van der Waals surface area (Å²) in [5.74, 6) is -0.479. The third-order valence-electron chi connectivity index (χ3n) is 4.56. The van der Waals surface area contributed by atoms with Crippen LogP contribution in [0.5, 0.6) is 0 Å². The SMILES string of the molecule is CC1(C)CCC(CNCC2CCCCC2C(=O)O)O1. The summed E-state index contributed by atoms with van der Waals surface area (Å²) in [7, 11) is 0. The molecule has 1 aliphatic carbocycles. The lowest BCUT2D eigenvalue weighted by molar-refractivity contribution is -0.144. The first-order chi connectivity index (χ1) is 8.98. The zero-order valence-corrected chi connectivity index (χ0v) is 12.2. The second kappa shape index (κ2) is 6.23. The van der Waals surface area contributed by atoms with Crippen molar-refractivity contribution < 1.29 is 14.6 Å². The fourth-order valence-corrected chi connectivity index (χ4v) is 3.43. The van der Waals surface area contributed by atoms with Crippen molar-refractivity contribution in [2.24, 2.45) is 11.8 Å². The maximum absolute atomic E-state index is 11.2. The summed E-state index contributed by atoms with van der Waals surface area (Å²) in [5.41, 5.74) is 0.0147. The van der Waals surface area contributed by atoms with Gasteiger partial charge in [-0.2, -0.15) is 0 Å². The van der Waals surface area contributed by atoms with Gasteiger partial charge in [0.05, 0.1) is 17.6 Å². The van der Waals surface area contributed by atoms with Gasteiger partial charge in [0.2, 0.25) is 0 Å². The Morgan fingerprint density at radius 1 is 1.26 bits per heavy atom. The van der Waals surface area contributed by atoms with E-state index in [9.17, 15) is 9.90 Å². The molecule has 0 amide bonds. The Morgan fingerprint density at radius 2 is 2.00 bits per heavy atom. The molecule has 3 atom stereocenters. The minimum Gasteiger partial charge on any atom is -0.481 e. The molecule has 2 rings (SSSR count). The van der Waals surface area contributed by atoms with Gasteiger partial charge in [-0.25, -0.2) is 0 Å². The van der Waals surface area contributed by atoms with E-state index in [4.69, 9.17) is 4.74 Å². The summed E-state index contributed by atoms with van der Waals surface area (Å²) in [6, 6.07) is 0. The van der Waals surface area contributed by atoms with E-state index in [0.717, 1.165) is 45.2 Å². The van der Waals surface area contributed by atoms with E-state index >= 15 is 0 Å². The van der Waals surface area contributed by atoms with Crippen LogP contribution in [0.4, 0.5) is 0 Å². The number of aliphatic carboxylic acids is 1. The Balaban J connectivity index is 1.71. The molecular formula is C15H27NO3. The highest BCUT2D eigenvalue weighted by atomic mass is 16.5. The van der Waals surface area contributed by atoms with Crippen molar-refractivity contribution in [3.63, 3.8) is 0 Å². The monoisotopic (exact) mass is 269 g/mol. The Hall–Kier alpha value is -0.610. The molecule has 0 aromatic heterocycles. The third kappa shape index (κ3) is 4.18. The van der Waals surface area contributed by atoms with Crippen LogP contribution in [0.25, 0.3) is 0 Å². The lowest BCUT2D eigenvalue weighted by Gasteiger charge is -2.29. The summed E-state index contributed by atoms with van der Waals surface area (Å²) in [6.07, 6.45) is 6.63. The van der Waals surface area contributed by atoms with Crippen LogP contribution in [0.2, 0.25) is 0 Å². The topological polar surface area (TPSA) is 58.6 Å². The van der Waals surface area contributed by atoms with E-state index in [1.807, 2.05) is 0 Å². The zero-order valence-electron chi connectivity index (χ0n) is 12.2. The highest BCUT2D eigenvalue weighted by molar-refractivity contribution is 5.70. The number of rotatable bonds is 5. The van der Waals surface area contributed by atoms with Crippen molar-refractivity contribution in [3.8, 4) is 0 Å². The van der Waals surface area contributed by atoms with Crippen LogP contribution < -0.4 is 5.32 Å². The van der Waals surface area contributed by atoms with Crippen LogP contribution in [-0.4, -0.2) is 35.9 Å². The second-order valence-electron chi connectivity index (χ2n) is 6.69. The third-order valence-corrected chi connectivity index (χ3v) is 4.56. The van der Waals surface area contributed by atoms with Crippen LogP contribution >= 0.6 is 0 Å². The molecule has 1 heterocycles. The van der Waals surface area contributed by atoms with Crippen LogP contribution in [0.15, 0.2) is 0 Å². The smallest absolute Gasteiger partial charge is 0.306 e. The molecule has 2 aliphatic rings. The summed E-state index contributed by atoms with van der Waals surface area (Å²) in [5, 5.41) is 12.7. The molecule has 1 saturated heterocycles. The summed E-state index contributed by atoms with van der Waals surface area (Å²) >= 11 is 0. The Bertz CT molecular complexity index is 317. The molecular weight excluding hydrogens is 242 g/mol. The number of hydrogen-bond donors (Lipinski definition) is 2. The van der Waals surface area contributed by atoms with Crippen molar-refractivity contribution in [2.75, 3.05) is 13.1 Å². The van der Waals surface area contributed by atoms with Gasteiger partial charge >= 0.3 is 5.97 Å². The molecule has 0 spiro atoms. The molecule has 4 heteroatoms. The predicted octanol–water partition coefficient (Wildman–Crippen LogP) is 2.42. The number of carbonyl (C=O) groups is 1. The van der Waals surface area contributed by atoms with Crippen LogP contribution in [-0.2, 0) is 9.53 Å². The number of carboxylic acids is 1. The van der Waals surface area contributed by atoms with Gasteiger partial charge in [0.15, 0.2) is 0 Å². The average Bonchev–Trinajstić information content (AvgIpc) is 2.69. The lowest BCUT2D eigenvalue weighted by atomic mass is 9.79. The molecule has 0 aromatic rings. The first kappa shape index (κ1) is 14.8. The average molecular weight is 269 g/mol. The zero-order chi connectivity index (χ0) is 13.9. The normalized spacial score (nSPS) is 34.3. The summed E-state index contributed by atoms with van der Waals surface area (Å²) < 4.78 is 5.93. The fraction of sp³-hybridized carbons (Fsp3) is 0.933. The molecule has 3 unspecified atom stereocenters. The predicted molar refractivity (Wildman–Crippen MR) is 74.1 cm³/mol. The van der Waals surface area contributed by atoms with Gasteiger partial charge in [-0.15, -0.1) is 0 Å². The number of carboxylic acid groups (broad SMARTS) is 1. The standard InChI is InChI=1S/C15H27NO3/c1-15(2)8-7-12(19-15)10-16-9-11-5-3-4-6-13(11)14(17)18/h11-13,16H,3-10H2,1-2H3,(H,17,18). The maximum Gasteiger partial charge on any atom is 0.306 e. The minimum absolute atomic E-state index is 0.0147. The summed E-state index contributed by atoms with van der Waals surface area (Å²) in [4.78, 5) is 11.2. The van der Waals surface area contributed by atoms with Gasteiger partial charge in [0.1, 0.15) is 0 Å². The van der Waals surface area contributed by atoms with Crippen molar-refractivity contribution in [1.29, 1.82) is 0 Å². The highest BCUT2D eigenvalue weighted by Crippen LogP contribution is 2.31. The van der Waals surface area contributed by atoms with E-state index in [0.29, 0.717) is 12.0 Å². The summed E-state index contributed by atoms with van der Waals surface area (Å²) in [6.45, 7) is 5.94. The van der Waals surface area contributed by atoms with Gasteiger partial charge in [0, 0.05) is 6.54 Å². The van der Waals surface area contributed by atoms with Crippen LogP contribution in [0, 0.1) is 11.8 Å². The molecule has 110 valence electrons. The molecule has 0 radical (unpaired) electrons. The quantitative estimate of drug-likeness (QED) is 0.805. The van der Waals surface area contributed by atoms with Gasteiger partial charge in [0.25, 0.3) is 0 Å². The minimum atomic E-state index is -0.621. The molecule has 0 aromatic carbocycles. The van der Waals surface area contributed by atoms with Gasteiger partial charge in [-0.05, 0) is 52.0 Å². The van der Waals surface area contributed by atoms with E-state index in [-0.39, 0.29) is 11.5 Å². The van der Waals surface area contributed by atoms with E-state index in [1.165, 1.54) is 6.42 Å². The first-order valence-electron chi connectivity index (χ1n) is 7.59. The number of nitrogens with one attached hydrogen (secondary N) is 1. The lowest BCUT2D eigenvalue weighted by Crippen LogP contribution is -2.37. The fourth-order valence-electron chi connectivity index (χ4n) is 3.43. The van der Waals surface area contributed by atoms with Crippen molar-refractivity contribution in [3.05, 3.63) is 0 Å². The van der Waals surface area contributed by atoms with E-state index < -0.39 is 5.97 Å². The van der Waals surface area contributed by atoms with Crippen LogP contribution in [0.3, 0.4) is 0 Å². The molecule has 2 N–H and O–H groups in total. The largest absolute Gasteiger partial charge is 0.481 e. The number of ether oxygens (including phenoxy) is 1. The van der Waals surface area contributed by atoms with Gasteiger partial charge in [-0.3, -0.25) is 4.79 Å². The first-order valence-corrected chi connectivity index (χ1v) is 7.59. The number of hydrogen-bond acceptors (Lipinski definition) is 3. The highest BCUT2D eigenvalue weighted by Gasteiger charge is 2.33. The molecule has 0 bridgehead atoms. The Morgan fingerprint density at radius 3 is 2.63 bits per heavy atom. The molecule has 4 nitrogen and oxygen atoms in total. The molecule has 2 fully saturated rings. The van der Waals surface area contributed by atoms with Crippen molar-refractivity contribution >= 4 is 5.97 Å². The van der Waals surface area contributed by atoms with Gasteiger partial charge < -0.3 is 15.2 Å². The Kier molecular flexibility index (Phi) is 4.85. The van der Waals surface area contributed by atoms with Crippen LogP contribution in [0.1, 0.15) is 52.4 Å². The Labute approximate surface area is 115 Å². The van der Waals surface area contributed by atoms with E-state index in [1.54, 1.807) is 0 Å². The molecule has 19 heavy (non-hydrogen) atoms. The second-order valence-corrected chi connectivity index (χ2v) is 6.69. The molecule has 1 aliphatic heterocycles.